The third kappa shape index (κ3) is 29.9. The number of allylic oxidation sites excluding steroid dienone is 4. The maximum atomic E-state index is 12.9. The van der Waals surface area contributed by atoms with E-state index in [1.54, 1.807) is 24.3 Å². The second-order valence-corrected chi connectivity index (χ2v) is 20.5. The number of fused-ring (bicyclic) bond motifs is 1. The zero-order valence-electron chi connectivity index (χ0n) is 45.5. The number of rotatable bonds is 46. The van der Waals surface area contributed by atoms with Gasteiger partial charge in [-0.05, 0) is 81.9 Å². The summed E-state index contributed by atoms with van der Waals surface area (Å²) in [6, 6.07) is 6.45. The van der Waals surface area contributed by atoms with Crippen molar-refractivity contribution in [3.05, 3.63) is 70.2 Å². The highest BCUT2D eigenvalue weighted by Gasteiger charge is 2.27. The van der Waals surface area contributed by atoms with E-state index in [0.29, 0.717) is 25.0 Å². The third-order valence-corrected chi connectivity index (χ3v) is 13.5. The Kier molecular flexibility index (Phi) is 34.7. The van der Waals surface area contributed by atoms with Crippen LogP contribution in [-0.2, 0) is 44.0 Å². The van der Waals surface area contributed by atoms with Crippen molar-refractivity contribution in [2.24, 2.45) is 0 Å². The second-order valence-electron chi connectivity index (χ2n) is 19.1. The van der Waals surface area contributed by atoms with Crippen molar-refractivity contribution in [1.29, 1.82) is 0 Å². The van der Waals surface area contributed by atoms with Crippen LogP contribution in [0.4, 0.5) is 5.82 Å². The van der Waals surface area contributed by atoms with Gasteiger partial charge in [0.05, 0.1) is 19.8 Å². The molecule has 5 N–H and O–H groups in total. The van der Waals surface area contributed by atoms with Crippen molar-refractivity contribution in [2.75, 3.05) is 45.8 Å². The molecule has 0 aliphatic carbocycles. The van der Waals surface area contributed by atoms with Crippen LogP contribution in [0.25, 0.3) is 11.2 Å². The number of imidazole rings is 1. The number of esters is 2. The summed E-state index contributed by atoms with van der Waals surface area (Å²) >= 11 is 0. The van der Waals surface area contributed by atoms with Crippen LogP contribution in [0.15, 0.2) is 53.4 Å². The van der Waals surface area contributed by atoms with E-state index in [4.69, 9.17) is 33.7 Å². The van der Waals surface area contributed by atoms with Gasteiger partial charge in [0.2, 0.25) is 0 Å². The fourth-order valence-electron chi connectivity index (χ4n) is 8.21. The SMILES string of the molecule is CCCCCCCCC=CCCCCCCCC(=O)OC(COP(=O)(O)OCCNC(=O)c1ccc(Cn2c(=O)[nH]c3c(N)nc(OCCOC)nc32)cc1)OC(=O)CCCCCCCC=CCCCCCCCC. The van der Waals surface area contributed by atoms with E-state index in [2.05, 4.69) is 58.4 Å². The second kappa shape index (κ2) is 40.4. The molecule has 422 valence electrons. The third-order valence-electron chi connectivity index (χ3n) is 12.5. The summed E-state index contributed by atoms with van der Waals surface area (Å²) < 4.78 is 45.9. The Morgan fingerprint density at radius 2 is 1.19 bits per heavy atom. The molecule has 1 aromatic carbocycles. The number of ether oxygens (including phenoxy) is 4. The summed E-state index contributed by atoms with van der Waals surface area (Å²) in [7, 11) is -3.22. The molecule has 0 aliphatic rings. The summed E-state index contributed by atoms with van der Waals surface area (Å²) in [5, 5.41) is 2.62. The number of benzene rings is 1. The quantitative estimate of drug-likeness (QED) is 0.0135. The minimum atomic E-state index is -4.75. The number of carbonyl (C=O) groups is 3. The van der Waals surface area contributed by atoms with Crippen molar-refractivity contribution >= 4 is 42.7 Å². The lowest BCUT2D eigenvalue weighted by atomic mass is 10.1. The van der Waals surface area contributed by atoms with Gasteiger partial charge in [-0.2, -0.15) is 9.97 Å². The van der Waals surface area contributed by atoms with Gasteiger partial charge in [-0.1, -0.05) is 153 Å². The van der Waals surface area contributed by atoms with Crippen LogP contribution < -0.4 is 21.5 Å². The number of aromatic nitrogens is 4. The van der Waals surface area contributed by atoms with Crippen LogP contribution in [0.2, 0.25) is 0 Å². The molecule has 2 aromatic heterocycles. The van der Waals surface area contributed by atoms with Gasteiger partial charge < -0.3 is 39.9 Å². The van der Waals surface area contributed by atoms with Crippen LogP contribution >= 0.6 is 7.82 Å². The number of anilines is 1. The van der Waals surface area contributed by atoms with Crippen molar-refractivity contribution < 1.29 is 51.8 Å². The predicted molar refractivity (Wildman–Crippen MR) is 294 cm³/mol. The molecule has 0 radical (unpaired) electrons. The highest BCUT2D eigenvalue weighted by molar-refractivity contribution is 7.47. The summed E-state index contributed by atoms with van der Waals surface area (Å²) in [6.45, 7) is 3.78. The molecule has 1 amide bonds. The average molecular weight is 1070 g/mol. The zero-order valence-corrected chi connectivity index (χ0v) is 46.4. The largest absolute Gasteiger partial charge is 0.472 e. The van der Waals surface area contributed by atoms with Gasteiger partial charge >= 0.3 is 31.5 Å². The molecular weight excluding hydrogens is 980 g/mol. The Morgan fingerprint density at radius 1 is 0.693 bits per heavy atom. The molecule has 0 saturated carbocycles. The van der Waals surface area contributed by atoms with E-state index in [-0.39, 0.29) is 61.1 Å². The fraction of sp³-hybridized carbons (Fsp3) is 0.679. The van der Waals surface area contributed by atoms with Crippen LogP contribution in [0.1, 0.15) is 210 Å². The number of nitrogens with one attached hydrogen (secondary N) is 2. The van der Waals surface area contributed by atoms with E-state index in [9.17, 15) is 28.6 Å². The number of methoxy groups -OCH3 is 1. The lowest BCUT2D eigenvalue weighted by Gasteiger charge is -2.20. The number of unbranched alkanes of at least 4 members (excludes halogenated alkanes) is 22. The van der Waals surface area contributed by atoms with Crippen LogP contribution in [0, 0.1) is 0 Å². The van der Waals surface area contributed by atoms with Gasteiger partial charge in [-0.25, -0.2) is 9.36 Å². The summed E-state index contributed by atoms with van der Waals surface area (Å²) in [5.74, 6) is -1.65. The minimum absolute atomic E-state index is 0.00533. The molecule has 1 unspecified atom stereocenters. The molecule has 0 saturated heterocycles. The van der Waals surface area contributed by atoms with E-state index in [1.165, 1.54) is 88.7 Å². The van der Waals surface area contributed by atoms with Gasteiger partial charge in [0.1, 0.15) is 18.7 Å². The number of nitrogen functional groups attached to an aromatic ring is 1. The molecule has 0 bridgehead atoms. The van der Waals surface area contributed by atoms with Crippen molar-refractivity contribution in [2.45, 2.75) is 206 Å². The Morgan fingerprint density at radius 3 is 1.69 bits per heavy atom. The fourth-order valence-corrected chi connectivity index (χ4v) is 8.91. The van der Waals surface area contributed by atoms with E-state index >= 15 is 0 Å². The highest BCUT2D eigenvalue weighted by Crippen LogP contribution is 2.43. The van der Waals surface area contributed by atoms with E-state index in [1.807, 2.05) is 0 Å². The summed E-state index contributed by atoms with van der Waals surface area (Å²) in [6.07, 6.45) is 36.8. The van der Waals surface area contributed by atoms with E-state index in [0.717, 1.165) is 77.0 Å². The Bertz CT molecular complexity index is 2140. The number of nitrogens with two attached hydrogens (primary N) is 1. The van der Waals surface area contributed by atoms with Gasteiger partial charge in [0.15, 0.2) is 11.5 Å². The number of phosphoric ester groups is 1. The standard InChI is InChI=1S/C56H91N6O12P/c1-4-6-8-10-12-14-16-18-20-22-24-26-28-30-32-34-48(63)73-50(74-49(64)35-33-31-29-27-25-23-21-19-17-15-13-11-9-7-5-2)45-72-75(67,68)71-41-40-58-54(65)47-38-36-46(37-39-47)44-62-53-51(59-56(62)66)52(57)60-55(61-53)70-43-42-69-3/h18-21,36-39,50H,4-17,22-35,40-45H2,1-3H3,(H,58,65)(H,59,66)(H,67,68)(H2,57,60,61). The number of hydrogen-bond acceptors (Lipinski definition) is 14. The smallest absolute Gasteiger partial charge is 0.461 e. The summed E-state index contributed by atoms with van der Waals surface area (Å²) in [5.41, 5.74) is 7.06. The number of carbonyl (C=O) groups excluding carboxylic acids is 3. The molecule has 0 aliphatic heterocycles. The number of H-pyrrole nitrogens is 1. The minimum Gasteiger partial charge on any atom is -0.461 e. The van der Waals surface area contributed by atoms with Crippen LogP contribution in [-0.4, -0.2) is 88.6 Å². The topological polar surface area (TPSA) is 246 Å². The number of nitrogens with zero attached hydrogens (tertiary/aromatic N) is 3. The van der Waals surface area contributed by atoms with Gasteiger partial charge in [0, 0.05) is 32.1 Å². The Labute approximate surface area is 446 Å². The highest BCUT2D eigenvalue weighted by atomic mass is 31.2. The van der Waals surface area contributed by atoms with Crippen LogP contribution in [0.3, 0.4) is 0 Å². The number of amides is 1. The molecule has 75 heavy (non-hydrogen) atoms. The first kappa shape index (κ1) is 64.4. The van der Waals surface area contributed by atoms with Gasteiger partial charge in [-0.15, -0.1) is 0 Å². The first-order chi connectivity index (χ1) is 36.5. The first-order valence-corrected chi connectivity index (χ1v) is 29.5. The number of phosphoric acid groups is 1. The van der Waals surface area contributed by atoms with Gasteiger partial charge in [0.25, 0.3) is 12.2 Å². The normalized spacial score (nSPS) is 12.9. The molecular formula is C56H91N6O12P. The summed E-state index contributed by atoms with van der Waals surface area (Å²) in [4.78, 5) is 73.1. The molecule has 0 fully saturated rings. The van der Waals surface area contributed by atoms with Crippen molar-refractivity contribution in [1.82, 2.24) is 24.8 Å². The number of hydrogen-bond donors (Lipinski definition) is 4. The molecule has 3 rings (SSSR count). The molecule has 2 heterocycles. The molecule has 0 spiro atoms. The average Bonchev–Trinajstić information content (AvgIpc) is 3.71. The Hall–Kier alpha value is -4.87. The first-order valence-electron chi connectivity index (χ1n) is 28.0. The zero-order chi connectivity index (χ0) is 54.2. The monoisotopic (exact) mass is 1070 g/mol. The Balaban J connectivity index is 1.41. The van der Waals surface area contributed by atoms with Crippen LogP contribution in [0.5, 0.6) is 6.01 Å². The predicted octanol–water partition coefficient (Wildman–Crippen LogP) is 12.1. The lowest BCUT2D eigenvalue weighted by molar-refractivity contribution is -0.193. The molecule has 18 nitrogen and oxygen atoms in total. The van der Waals surface area contributed by atoms with E-state index < -0.39 is 50.9 Å². The molecule has 19 heteroatoms. The van der Waals surface area contributed by atoms with Gasteiger partial charge in [-0.3, -0.25) is 28.0 Å². The van der Waals surface area contributed by atoms with Crippen molar-refractivity contribution in [3.63, 3.8) is 0 Å². The lowest BCUT2D eigenvalue weighted by Crippen LogP contribution is -2.29. The molecule has 1 atom stereocenters. The maximum absolute atomic E-state index is 12.9. The number of aromatic amines is 1. The maximum Gasteiger partial charge on any atom is 0.472 e. The molecule has 3 aromatic rings. The van der Waals surface area contributed by atoms with Crippen molar-refractivity contribution in [3.8, 4) is 6.01 Å².